The van der Waals surface area contributed by atoms with Crippen molar-refractivity contribution in [1.82, 2.24) is 10.3 Å². The number of carbonyl (C=O) groups excluding carboxylic acids is 2. The number of hydrogen-bond donors (Lipinski definition) is 2. The Balaban J connectivity index is 1.53. The maximum atomic E-state index is 12.2. The van der Waals surface area contributed by atoms with E-state index in [0.29, 0.717) is 24.2 Å². The summed E-state index contributed by atoms with van der Waals surface area (Å²) in [5.74, 6) is 0.457. The smallest absolute Gasteiger partial charge is 0.257 e. The van der Waals surface area contributed by atoms with E-state index in [1.165, 1.54) is 6.20 Å². The summed E-state index contributed by atoms with van der Waals surface area (Å²) in [4.78, 5) is 28.3. The third-order valence-corrected chi connectivity index (χ3v) is 4.12. The lowest BCUT2D eigenvalue weighted by Crippen LogP contribution is -2.24. The van der Waals surface area contributed by atoms with Crippen LogP contribution in [-0.4, -0.2) is 23.9 Å². The fourth-order valence-corrected chi connectivity index (χ4v) is 2.65. The summed E-state index contributed by atoms with van der Waals surface area (Å²) in [6.45, 7) is 0.381. The normalized spacial score (nSPS) is 10.2. The fourth-order valence-electron chi connectivity index (χ4n) is 2.65. The molecular formula is C22H21N3O3. The van der Waals surface area contributed by atoms with Gasteiger partial charge >= 0.3 is 0 Å². The third-order valence-electron chi connectivity index (χ3n) is 4.12. The zero-order chi connectivity index (χ0) is 19.8. The highest BCUT2D eigenvalue weighted by Crippen LogP contribution is 2.13. The Kier molecular flexibility index (Phi) is 6.36. The maximum Gasteiger partial charge on any atom is 0.257 e. The Hall–Kier alpha value is -3.67. The predicted octanol–water partition coefficient (Wildman–Crippen LogP) is 3.20. The number of rotatable bonds is 7. The largest absolute Gasteiger partial charge is 0.497 e. The Morgan fingerprint density at radius 1 is 1.00 bits per heavy atom. The highest BCUT2D eigenvalue weighted by atomic mass is 16.5. The number of anilines is 1. The lowest BCUT2D eigenvalue weighted by molar-refractivity contribution is -0.120. The van der Waals surface area contributed by atoms with E-state index in [4.69, 9.17) is 4.74 Å². The van der Waals surface area contributed by atoms with Crippen LogP contribution in [0.15, 0.2) is 73.1 Å². The second kappa shape index (κ2) is 9.32. The lowest BCUT2D eigenvalue weighted by Gasteiger charge is -2.09. The van der Waals surface area contributed by atoms with Gasteiger partial charge in [-0.05, 0) is 47.5 Å². The van der Waals surface area contributed by atoms with Crippen LogP contribution in [0.3, 0.4) is 0 Å². The molecule has 142 valence electrons. The molecule has 2 N–H and O–H groups in total. The van der Waals surface area contributed by atoms with E-state index in [-0.39, 0.29) is 11.8 Å². The topological polar surface area (TPSA) is 80.3 Å². The number of methoxy groups -OCH3 is 1. The monoisotopic (exact) mass is 375 g/mol. The molecule has 28 heavy (non-hydrogen) atoms. The number of benzene rings is 2. The lowest BCUT2D eigenvalue weighted by atomic mass is 10.1. The minimum Gasteiger partial charge on any atom is -0.497 e. The molecule has 2 amide bonds. The molecule has 0 bridgehead atoms. The predicted molar refractivity (Wildman–Crippen MR) is 107 cm³/mol. The van der Waals surface area contributed by atoms with Gasteiger partial charge in [-0.15, -0.1) is 0 Å². The van der Waals surface area contributed by atoms with Crippen LogP contribution >= 0.6 is 0 Å². The van der Waals surface area contributed by atoms with Crippen molar-refractivity contribution in [2.24, 2.45) is 0 Å². The van der Waals surface area contributed by atoms with E-state index in [1.54, 1.807) is 31.5 Å². The van der Waals surface area contributed by atoms with Crippen molar-refractivity contribution >= 4 is 17.5 Å². The highest BCUT2D eigenvalue weighted by Gasteiger charge is 2.07. The average Bonchev–Trinajstić information content (AvgIpc) is 2.74. The van der Waals surface area contributed by atoms with Gasteiger partial charge in [0.05, 0.1) is 19.1 Å². The molecule has 1 heterocycles. The van der Waals surface area contributed by atoms with Crippen molar-refractivity contribution < 1.29 is 14.3 Å². The standard InChI is InChI=1S/C22H21N3O3/c1-28-20-9-7-16(8-10-20)13-21(26)24-14-17-4-2-6-19(12-17)25-22(27)18-5-3-11-23-15-18/h2-12,15H,13-14H2,1H3,(H,24,26)(H,25,27). The minimum atomic E-state index is -0.228. The number of amides is 2. The summed E-state index contributed by atoms with van der Waals surface area (Å²) in [5, 5.41) is 5.73. The molecule has 3 aromatic rings. The summed E-state index contributed by atoms with van der Waals surface area (Å²) in [6, 6.07) is 18.2. The summed E-state index contributed by atoms with van der Waals surface area (Å²) >= 11 is 0. The van der Waals surface area contributed by atoms with E-state index in [0.717, 1.165) is 16.9 Å². The van der Waals surface area contributed by atoms with Crippen molar-refractivity contribution in [1.29, 1.82) is 0 Å². The Labute approximate surface area is 163 Å². The quantitative estimate of drug-likeness (QED) is 0.665. The van der Waals surface area contributed by atoms with Crippen LogP contribution in [0, 0.1) is 0 Å². The first-order valence-electron chi connectivity index (χ1n) is 8.84. The van der Waals surface area contributed by atoms with Crippen LogP contribution in [0.1, 0.15) is 21.5 Å². The number of nitrogens with one attached hydrogen (secondary N) is 2. The molecule has 0 spiro atoms. The van der Waals surface area contributed by atoms with Crippen LogP contribution < -0.4 is 15.4 Å². The molecule has 0 aliphatic heterocycles. The van der Waals surface area contributed by atoms with Gasteiger partial charge in [0, 0.05) is 24.6 Å². The zero-order valence-corrected chi connectivity index (χ0v) is 15.5. The molecule has 0 fully saturated rings. The van der Waals surface area contributed by atoms with Gasteiger partial charge in [0.2, 0.25) is 5.91 Å². The van der Waals surface area contributed by atoms with E-state index in [2.05, 4.69) is 15.6 Å². The van der Waals surface area contributed by atoms with Gasteiger partial charge in [-0.2, -0.15) is 0 Å². The number of pyridine rings is 1. The number of nitrogens with zero attached hydrogens (tertiary/aromatic N) is 1. The van der Waals surface area contributed by atoms with E-state index in [9.17, 15) is 9.59 Å². The van der Waals surface area contributed by atoms with Crippen LogP contribution in [0.4, 0.5) is 5.69 Å². The molecule has 0 saturated carbocycles. The first-order chi connectivity index (χ1) is 13.6. The summed E-state index contributed by atoms with van der Waals surface area (Å²) < 4.78 is 5.11. The molecule has 0 radical (unpaired) electrons. The number of aromatic nitrogens is 1. The molecule has 2 aromatic carbocycles. The van der Waals surface area contributed by atoms with Crippen LogP contribution in [0.5, 0.6) is 5.75 Å². The summed E-state index contributed by atoms with van der Waals surface area (Å²) in [5.41, 5.74) is 2.96. The first kappa shape index (κ1) is 19.1. The Morgan fingerprint density at radius 3 is 2.54 bits per heavy atom. The molecule has 3 rings (SSSR count). The molecule has 0 atom stereocenters. The molecule has 0 aliphatic carbocycles. The third kappa shape index (κ3) is 5.41. The number of ether oxygens (including phenoxy) is 1. The Morgan fingerprint density at radius 2 is 1.82 bits per heavy atom. The van der Waals surface area contributed by atoms with E-state index >= 15 is 0 Å². The molecule has 0 aliphatic rings. The molecule has 6 nitrogen and oxygen atoms in total. The fraction of sp³-hybridized carbons (Fsp3) is 0.136. The van der Waals surface area contributed by atoms with E-state index < -0.39 is 0 Å². The first-order valence-corrected chi connectivity index (χ1v) is 8.84. The van der Waals surface area contributed by atoms with Crippen molar-refractivity contribution in [3.63, 3.8) is 0 Å². The zero-order valence-electron chi connectivity index (χ0n) is 15.5. The van der Waals surface area contributed by atoms with Crippen LogP contribution in [0.2, 0.25) is 0 Å². The van der Waals surface area contributed by atoms with Crippen molar-refractivity contribution in [3.05, 3.63) is 89.7 Å². The van der Waals surface area contributed by atoms with Crippen molar-refractivity contribution in [2.45, 2.75) is 13.0 Å². The van der Waals surface area contributed by atoms with Gasteiger partial charge < -0.3 is 15.4 Å². The van der Waals surface area contributed by atoms with Crippen LogP contribution in [0.25, 0.3) is 0 Å². The molecule has 0 unspecified atom stereocenters. The number of carbonyl (C=O) groups is 2. The van der Waals surface area contributed by atoms with Gasteiger partial charge in [-0.25, -0.2) is 0 Å². The summed E-state index contributed by atoms with van der Waals surface area (Å²) in [7, 11) is 1.61. The minimum absolute atomic E-state index is 0.0741. The number of hydrogen-bond acceptors (Lipinski definition) is 4. The molecule has 1 aromatic heterocycles. The molecule has 0 saturated heterocycles. The highest BCUT2D eigenvalue weighted by molar-refractivity contribution is 6.04. The van der Waals surface area contributed by atoms with Gasteiger partial charge in [0.25, 0.3) is 5.91 Å². The van der Waals surface area contributed by atoms with Crippen molar-refractivity contribution in [3.8, 4) is 5.75 Å². The van der Waals surface area contributed by atoms with Gasteiger partial charge in [0.1, 0.15) is 5.75 Å². The average molecular weight is 375 g/mol. The van der Waals surface area contributed by atoms with E-state index in [1.807, 2.05) is 42.5 Å². The van der Waals surface area contributed by atoms with Gasteiger partial charge in [-0.1, -0.05) is 24.3 Å². The van der Waals surface area contributed by atoms with Crippen molar-refractivity contribution in [2.75, 3.05) is 12.4 Å². The molecule has 6 heteroatoms. The SMILES string of the molecule is COc1ccc(CC(=O)NCc2cccc(NC(=O)c3cccnc3)c2)cc1. The van der Waals surface area contributed by atoms with Gasteiger partial charge in [0.15, 0.2) is 0 Å². The Bertz CT molecular complexity index is 941. The maximum absolute atomic E-state index is 12.2. The van der Waals surface area contributed by atoms with Crippen LogP contribution in [-0.2, 0) is 17.8 Å². The molecular weight excluding hydrogens is 354 g/mol. The second-order valence-corrected chi connectivity index (χ2v) is 6.20. The summed E-state index contributed by atoms with van der Waals surface area (Å²) in [6.07, 6.45) is 3.42. The van der Waals surface area contributed by atoms with Gasteiger partial charge in [-0.3, -0.25) is 14.6 Å². The second-order valence-electron chi connectivity index (χ2n) is 6.20.